The third-order valence-corrected chi connectivity index (χ3v) is 2.00. The van der Waals surface area contributed by atoms with Crippen molar-refractivity contribution in [1.29, 1.82) is 0 Å². The first-order valence-corrected chi connectivity index (χ1v) is 4.65. The van der Waals surface area contributed by atoms with Crippen molar-refractivity contribution in [2.75, 3.05) is 0 Å². The van der Waals surface area contributed by atoms with Crippen LogP contribution in [0.2, 0.25) is 0 Å². The van der Waals surface area contributed by atoms with Gasteiger partial charge in [0.25, 0.3) is 5.91 Å². The summed E-state index contributed by atoms with van der Waals surface area (Å²) in [4.78, 5) is 22.0. The van der Waals surface area contributed by atoms with Crippen molar-refractivity contribution < 1.29 is 14.0 Å². The number of carbonyl (C=O) groups excluding carboxylic acids is 2. The van der Waals surface area contributed by atoms with Gasteiger partial charge < -0.3 is 15.5 Å². The van der Waals surface area contributed by atoms with Crippen LogP contribution in [-0.4, -0.2) is 17.9 Å². The second-order valence-corrected chi connectivity index (χ2v) is 3.48. The summed E-state index contributed by atoms with van der Waals surface area (Å²) in [5.41, 5.74) is 4.97. The topological polar surface area (TPSA) is 85.3 Å². The molecule has 0 aromatic carbocycles. The number of halogens is 1. The Labute approximate surface area is 88.8 Å². The molecule has 3 N–H and O–H groups in total. The molecule has 6 heteroatoms. The first-order chi connectivity index (χ1) is 6.50. The number of nitrogens with two attached hydrogens (primary N) is 1. The zero-order valence-corrected chi connectivity index (χ0v) is 9.00. The van der Waals surface area contributed by atoms with E-state index in [2.05, 4.69) is 21.2 Å². The van der Waals surface area contributed by atoms with E-state index in [-0.39, 0.29) is 5.76 Å². The lowest BCUT2D eigenvalue weighted by atomic mass is 10.3. The second-order valence-electron chi connectivity index (χ2n) is 2.70. The van der Waals surface area contributed by atoms with Gasteiger partial charge in [-0.15, -0.1) is 0 Å². The van der Waals surface area contributed by atoms with Gasteiger partial charge in [-0.05, 0) is 35.0 Å². The van der Waals surface area contributed by atoms with E-state index in [9.17, 15) is 9.59 Å². The number of primary amides is 1. The molecule has 2 amide bonds. The minimum Gasteiger partial charge on any atom is -0.444 e. The van der Waals surface area contributed by atoms with Gasteiger partial charge in [0.05, 0.1) is 0 Å². The van der Waals surface area contributed by atoms with E-state index in [1.54, 1.807) is 6.07 Å². The maximum atomic E-state index is 11.3. The Morgan fingerprint density at radius 1 is 1.57 bits per heavy atom. The third-order valence-electron chi connectivity index (χ3n) is 1.57. The van der Waals surface area contributed by atoms with Gasteiger partial charge in [0, 0.05) is 0 Å². The zero-order chi connectivity index (χ0) is 10.7. The Kier molecular flexibility index (Phi) is 3.29. The van der Waals surface area contributed by atoms with Crippen molar-refractivity contribution >= 4 is 27.7 Å². The average Bonchev–Trinajstić information content (AvgIpc) is 2.51. The molecule has 0 aliphatic carbocycles. The number of nitrogens with one attached hydrogen (secondary N) is 1. The van der Waals surface area contributed by atoms with Gasteiger partial charge in [-0.25, -0.2) is 0 Å². The van der Waals surface area contributed by atoms with Gasteiger partial charge in [-0.3, -0.25) is 9.59 Å². The highest BCUT2D eigenvalue weighted by atomic mass is 79.9. The van der Waals surface area contributed by atoms with Crippen molar-refractivity contribution in [3.63, 3.8) is 0 Å². The standard InChI is InChI=1S/C8H9BrN2O3/c1-4(7(10)12)11-8(13)5-2-3-6(9)14-5/h2-4H,1H3,(H2,10,12)(H,11,13). The predicted molar refractivity (Wildman–Crippen MR) is 52.5 cm³/mol. The molecule has 1 unspecified atom stereocenters. The van der Waals surface area contributed by atoms with Gasteiger partial charge in [-0.1, -0.05) is 0 Å². The molecule has 0 aliphatic rings. The molecular formula is C8H9BrN2O3. The smallest absolute Gasteiger partial charge is 0.287 e. The van der Waals surface area contributed by atoms with Crippen molar-refractivity contribution in [3.8, 4) is 0 Å². The Hall–Kier alpha value is -1.30. The summed E-state index contributed by atoms with van der Waals surface area (Å²) in [5, 5.41) is 2.38. The van der Waals surface area contributed by atoms with Crippen LogP contribution in [0.5, 0.6) is 0 Å². The molecule has 0 bridgehead atoms. The summed E-state index contributed by atoms with van der Waals surface area (Å²) in [6, 6.07) is 2.36. The highest BCUT2D eigenvalue weighted by molar-refractivity contribution is 9.10. The Bertz CT molecular complexity index is 361. The molecule has 1 rings (SSSR count). The average molecular weight is 261 g/mol. The van der Waals surface area contributed by atoms with Crippen LogP contribution in [0, 0.1) is 0 Å². The molecule has 1 aromatic rings. The molecule has 1 aromatic heterocycles. The lowest BCUT2D eigenvalue weighted by Crippen LogP contribution is -2.42. The molecule has 14 heavy (non-hydrogen) atoms. The number of amides is 2. The Balaban J connectivity index is 2.63. The van der Waals surface area contributed by atoms with Gasteiger partial charge in [0.1, 0.15) is 6.04 Å². The molecular weight excluding hydrogens is 252 g/mol. The van der Waals surface area contributed by atoms with Crippen LogP contribution in [0.1, 0.15) is 17.5 Å². The first kappa shape index (κ1) is 10.8. The lowest BCUT2D eigenvalue weighted by molar-refractivity contribution is -0.119. The maximum Gasteiger partial charge on any atom is 0.287 e. The van der Waals surface area contributed by atoms with E-state index in [1.807, 2.05) is 0 Å². The van der Waals surface area contributed by atoms with Crippen LogP contribution in [-0.2, 0) is 4.79 Å². The summed E-state index contributed by atoms with van der Waals surface area (Å²) >= 11 is 3.06. The molecule has 0 fully saturated rings. The molecule has 0 aliphatic heterocycles. The van der Waals surface area contributed by atoms with Crippen molar-refractivity contribution in [2.24, 2.45) is 5.73 Å². The Morgan fingerprint density at radius 2 is 2.21 bits per heavy atom. The minimum atomic E-state index is -0.716. The fourth-order valence-electron chi connectivity index (χ4n) is 0.775. The molecule has 0 saturated heterocycles. The van der Waals surface area contributed by atoms with Crippen LogP contribution in [0.15, 0.2) is 21.2 Å². The summed E-state index contributed by atoms with van der Waals surface area (Å²) in [6.07, 6.45) is 0. The van der Waals surface area contributed by atoms with Crippen molar-refractivity contribution in [2.45, 2.75) is 13.0 Å². The van der Waals surface area contributed by atoms with Crippen molar-refractivity contribution in [3.05, 3.63) is 22.6 Å². The first-order valence-electron chi connectivity index (χ1n) is 3.86. The maximum absolute atomic E-state index is 11.3. The zero-order valence-electron chi connectivity index (χ0n) is 7.41. The molecule has 0 spiro atoms. The summed E-state index contributed by atoms with van der Waals surface area (Å²) in [6.45, 7) is 1.50. The van der Waals surface area contributed by atoms with Crippen LogP contribution in [0.25, 0.3) is 0 Å². The third kappa shape index (κ3) is 2.59. The van der Waals surface area contributed by atoms with E-state index in [4.69, 9.17) is 10.2 Å². The summed E-state index contributed by atoms with van der Waals surface area (Å²) < 4.78 is 5.43. The number of furan rings is 1. The van der Waals surface area contributed by atoms with E-state index in [0.717, 1.165) is 0 Å². The number of hydrogen-bond donors (Lipinski definition) is 2. The molecule has 0 saturated carbocycles. The second kappa shape index (κ2) is 4.28. The fraction of sp³-hybridized carbons (Fsp3) is 0.250. The highest BCUT2D eigenvalue weighted by Crippen LogP contribution is 2.13. The molecule has 5 nitrogen and oxygen atoms in total. The monoisotopic (exact) mass is 260 g/mol. The summed E-state index contributed by atoms with van der Waals surface area (Å²) in [5.74, 6) is -0.934. The number of carbonyl (C=O) groups is 2. The molecule has 76 valence electrons. The van der Waals surface area contributed by atoms with Crippen LogP contribution in [0.3, 0.4) is 0 Å². The largest absolute Gasteiger partial charge is 0.444 e. The molecule has 1 heterocycles. The van der Waals surface area contributed by atoms with Gasteiger partial charge in [0.15, 0.2) is 10.4 Å². The number of hydrogen-bond acceptors (Lipinski definition) is 3. The molecule has 0 radical (unpaired) electrons. The molecule has 1 atom stereocenters. The Morgan fingerprint density at radius 3 is 2.64 bits per heavy atom. The van der Waals surface area contributed by atoms with E-state index >= 15 is 0 Å². The van der Waals surface area contributed by atoms with Gasteiger partial charge in [-0.2, -0.15) is 0 Å². The van der Waals surface area contributed by atoms with E-state index in [1.165, 1.54) is 13.0 Å². The quantitative estimate of drug-likeness (QED) is 0.837. The lowest BCUT2D eigenvalue weighted by Gasteiger charge is -2.07. The van der Waals surface area contributed by atoms with E-state index in [0.29, 0.717) is 4.67 Å². The van der Waals surface area contributed by atoms with Crippen LogP contribution < -0.4 is 11.1 Å². The fourth-order valence-corrected chi connectivity index (χ4v) is 1.08. The van der Waals surface area contributed by atoms with Crippen LogP contribution in [0.4, 0.5) is 0 Å². The van der Waals surface area contributed by atoms with Crippen molar-refractivity contribution in [1.82, 2.24) is 5.32 Å². The number of rotatable bonds is 3. The van der Waals surface area contributed by atoms with Gasteiger partial charge in [0.2, 0.25) is 5.91 Å². The summed E-state index contributed by atoms with van der Waals surface area (Å²) in [7, 11) is 0. The minimum absolute atomic E-state index is 0.130. The van der Waals surface area contributed by atoms with Crippen LogP contribution >= 0.6 is 15.9 Å². The van der Waals surface area contributed by atoms with Gasteiger partial charge >= 0.3 is 0 Å². The normalized spacial score (nSPS) is 12.1. The predicted octanol–water partition coefficient (Wildman–Crippen LogP) is 0.646. The highest BCUT2D eigenvalue weighted by Gasteiger charge is 2.15. The van der Waals surface area contributed by atoms with E-state index < -0.39 is 17.9 Å². The SMILES string of the molecule is CC(NC(=O)c1ccc(Br)o1)C(N)=O.